The van der Waals surface area contributed by atoms with Crippen molar-refractivity contribution in [1.82, 2.24) is 20.0 Å². The van der Waals surface area contributed by atoms with E-state index >= 15 is 0 Å². The molecular weight excluding hydrogens is 503 g/mol. The summed E-state index contributed by atoms with van der Waals surface area (Å²) in [7, 11) is 0. The highest BCUT2D eigenvalue weighted by atomic mass is 19.1. The van der Waals surface area contributed by atoms with E-state index in [9.17, 15) is 14.3 Å². The third kappa shape index (κ3) is 5.61. The Labute approximate surface area is 239 Å². The van der Waals surface area contributed by atoms with Crippen molar-refractivity contribution in [2.24, 2.45) is 11.8 Å². The molecule has 40 heavy (non-hydrogen) atoms. The van der Waals surface area contributed by atoms with Crippen molar-refractivity contribution in [1.29, 1.82) is 0 Å². The molecule has 0 bridgehead atoms. The molecule has 1 aromatic carbocycles. The Morgan fingerprint density at radius 1 is 1.20 bits per heavy atom. The monoisotopic (exact) mass is 552 g/mol. The molecule has 1 spiro atoms. The number of halogens is 1. The van der Waals surface area contributed by atoms with Crippen LogP contribution in [-0.4, -0.2) is 57.0 Å². The number of aliphatic carboxylic acids is 1. The van der Waals surface area contributed by atoms with Gasteiger partial charge >= 0.3 is 5.97 Å². The largest absolute Gasteiger partial charge is 0.480 e. The first-order valence-corrected chi connectivity index (χ1v) is 15.7. The Morgan fingerprint density at radius 3 is 2.58 bits per heavy atom. The van der Waals surface area contributed by atoms with E-state index in [4.69, 9.17) is 5.10 Å². The molecule has 4 atom stereocenters. The zero-order valence-corrected chi connectivity index (χ0v) is 25.2. The van der Waals surface area contributed by atoms with Gasteiger partial charge in [0.25, 0.3) is 0 Å². The van der Waals surface area contributed by atoms with Crippen molar-refractivity contribution in [3.05, 3.63) is 52.6 Å². The van der Waals surface area contributed by atoms with E-state index in [2.05, 4.69) is 49.5 Å². The molecule has 3 aliphatic rings. The molecule has 1 saturated carbocycles. The standard InChI is InChI=1S/C33H49FN4O2/c1-6-28-26-12-13-33(30(26)38(8-3)36-28)14-16-37(17-15-33)21-24-18-23(29(31(39)40)35-32(4,5)7-2)20-27(24)22-10-9-11-25(34)19-22/h9-11,19,23-24,27,29,35H,6-8,12-18,20-21H2,1-5H3,(H,39,40)/t23-,24+,27+,29-/m0/s1. The lowest BCUT2D eigenvalue weighted by Gasteiger charge is -2.41. The summed E-state index contributed by atoms with van der Waals surface area (Å²) in [5.41, 5.74) is 5.33. The first-order chi connectivity index (χ1) is 19.1. The van der Waals surface area contributed by atoms with Gasteiger partial charge in [0, 0.05) is 29.7 Å². The van der Waals surface area contributed by atoms with E-state index in [-0.39, 0.29) is 28.6 Å². The highest BCUT2D eigenvalue weighted by molar-refractivity contribution is 5.74. The van der Waals surface area contributed by atoms with Gasteiger partial charge in [-0.2, -0.15) is 5.10 Å². The number of aryl methyl sites for hydroxylation is 2. The number of nitrogens with one attached hydrogen (secondary N) is 1. The van der Waals surface area contributed by atoms with Crippen molar-refractivity contribution < 1.29 is 14.3 Å². The highest BCUT2D eigenvalue weighted by Gasteiger charge is 2.47. The normalized spacial score (nSPS) is 25.4. The number of fused-ring (bicyclic) bond motifs is 2. The summed E-state index contributed by atoms with van der Waals surface area (Å²) in [5.74, 6) is -0.504. The van der Waals surface area contributed by atoms with Crippen molar-refractivity contribution in [2.75, 3.05) is 19.6 Å². The summed E-state index contributed by atoms with van der Waals surface area (Å²) in [5, 5.41) is 18.6. The van der Waals surface area contributed by atoms with Crippen molar-refractivity contribution in [3.8, 4) is 0 Å². The van der Waals surface area contributed by atoms with E-state index in [0.29, 0.717) is 5.92 Å². The molecule has 2 heterocycles. The molecule has 0 radical (unpaired) electrons. The first-order valence-electron chi connectivity index (χ1n) is 15.7. The summed E-state index contributed by atoms with van der Waals surface area (Å²) in [4.78, 5) is 15.1. The number of rotatable bonds is 10. The van der Waals surface area contributed by atoms with Crippen LogP contribution < -0.4 is 5.32 Å². The van der Waals surface area contributed by atoms with Gasteiger partial charge in [-0.05, 0) is 126 Å². The number of hydrogen-bond acceptors (Lipinski definition) is 4. The third-order valence-electron chi connectivity index (χ3n) is 10.6. The fourth-order valence-corrected chi connectivity index (χ4v) is 8.07. The minimum absolute atomic E-state index is 0.0153. The number of hydrogen-bond donors (Lipinski definition) is 2. The maximum absolute atomic E-state index is 14.3. The molecule has 220 valence electrons. The lowest BCUT2D eigenvalue weighted by atomic mass is 9.75. The maximum Gasteiger partial charge on any atom is 0.320 e. The van der Waals surface area contributed by atoms with Crippen LogP contribution in [0.25, 0.3) is 0 Å². The molecule has 1 saturated heterocycles. The molecule has 2 aliphatic carbocycles. The van der Waals surface area contributed by atoms with Gasteiger partial charge in [-0.1, -0.05) is 26.0 Å². The fraction of sp³-hybridized carbons (Fsp3) is 0.697. The first kappa shape index (κ1) is 29.2. The number of carboxylic acid groups (broad SMARTS) is 1. The van der Waals surface area contributed by atoms with E-state index in [0.717, 1.165) is 76.7 Å². The highest BCUT2D eigenvalue weighted by Crippen LogP contribution is 2.49. The number of aromatic nitrogens is 2. The predicted molar refractivity (Wildman–Crippen MR) is 157 cm³/mol. The Hall–Kier alpha value is -2.25. The third-order valence-corrected chi connectivity index (χ3v) is 10.6. The molecule has 5 rings (SSSR count). The van der Waals surface area contributed by atoms with Crippen LogP contribution in [0.4, 0.5) is 4.39 Å². The van der Waals surface area contributed by atoms with Crippen molar-refractivity contribution in [3.63, 3.8) is 0 Å². The Morgan fingerprint density at radius 2 is 1.95 bits per heavy atom. The van der Waals surface area contributed by atoms with Crippen LogP contribution in [0.5, 0.6) is 0 Å². The molecule has 0 unspecified atom stereocenters. The summed E-state index contributed by atoms with van der Waals surface area (Å²) >= 11 is 0. The molecule has 2 N–H and O–H groups in total. The van der Waals surface area contributed by atoms with Gasteiger partial charge in [0.15, 0.2) is 0 Å². The van der Waals surface area contributed by atoms with Crippen LogP contribution in [0.1, 0.15) is 102 Å². The Balaban J connectivity index is 1.33. The van der Waals surface area contributed by atoms with E-state index in [1.165, 1.54) is 29.4 Å². The van der Waals surface area contributed by atoms with Crippen LogP contribution in [0, 0.1) is 17.7 Å². The average molecular weight is 553 g/mol. The fourth-order valence-electron chi connectivity index (χ4n) is 8.07. The smallest absolute Gasteiger partial charge is 0.320 e. The SMILES string of the molecule is CCc1nn(CC)c2c1CCC21CCN(C[C@H]2C[C@H]([C@H](NC(C)(C)CC)C(=O)O)C[C@@H]2c2cccc(F)c2)CC1. The van der Waals surface area contributed by atoms with Gasteiger partial charge in [0.05, 0.1) is 5.69 Å². The zero-order chi connectivity index (χ0) is 28.7. The number of carbonyl (C=O) groups is 1. The number of nitrogens with zero attached hydrogens (tertiary/aromatic N) is 3. The molecule has 1 aromatic heterocycles. The van der Waals surface area contributed by atoms with Gasteiger partial charge in [-0.25, -0.2) is 4.39 Å². The second-order valence-electron chi connectivity index (χ2n) is 13.4. The van der Waals surface area contributed by atoms with E-state index < -0.39 is 12.0 Å². The molecule has 7 heteroatoms. The van der Waals surface area contributed by atoms with Crippen LogP contribution in [-0.2, 0) is 29.6 Å². The molecule has 0 amide bonds. The van der Waals surface area contributed by atoms with Crippen LogP contribution in [0.2, 0.25) is 0 Å². The number of likely N-dealkylation sites (tertiary alicyclic amines) is 1. The summed E-state index contributed by atoms with van der Waals surface area (Å²) in [6.45, 7) is 14.6. The van der Waals surface area contributed by atoms with Crippen LogP contribution in [0.3, 0.4) is 0 Å². The predicted octanol–water partition coefficient (Wildman–Crippen LogP) is 5.93. The number of piperidine rings is 1. The zero-order valence-electron chi connectivity index (χ0n) is 25.2. The van der Waals surface area contributed by atoms with Gasteiger partial charge in [0.2, 0.25) is 0 Å². The average Bonchev–Trinajstić information content (AvgIpc) is 3.62. The van der Waals surface area contributed by atoms with E-state index in [1.807, 2.05) is 6.07 Å². The molecular formula is C33H49FN4O2. The Kier molecular flexibility index (Phi) is 8.45. The lowest BCUT2D eigenvalue weighted by molar-refractivity contribution is -0.141. The van der Waals surface area contributed by atoms with Gasteiger partial charge in [-0.15, -0.1) is 0 Å². The minimum atomic E-state index is -0.777. The Bertz CT molecular complexity index is 1200. The summed E-state index contributed by atoms with van der Waals surface area (Å²) < 4.78 is 16.6. The molecule has 2 aromatic rings. The summed E-state index contributed by atoms with van der Waals surface area (Å²) in [6.07, 6.45) is 8.17. The van der Waals surface area contributed by atoms with Crippen molar-refractivity contribution >= 4 is 5.97 Å². The number of carboxylic acids is 1. The number of benzene rings is 1. The quantitative estimate of drug-likeness (QED) is 0.383. The van der Waals surface area contributed by atoms with Crippen LogP contribution >= 0.6 is 0 Å². The van der Waals surface area contributed by atoms with Gasteiger partial charge in [0.1, 0.15) is 11.9 Å². The summed E-state index contributed by atoms with van der Waals surface area (Å²) in [6, 6.07) is 6.40. The van der Waals surface area contributed by atoms with Crippen molar-refractivity contribution in [2.45, 2.75) is 115 Å². The second-order valence-corrected chi connectivity index (χ2v) is 13.4. The molecule has 1 aliphatic heterocycles. The van der Waals surface area contributed by atoms with E-state index in [1.54, 1.807) is 12.1 Å². The van der Waals surface area contributed by atoms with Gasteiger partial charge < -0.3 is 10.0 Å². The molecule has 6 nitrogen and oxygen atoms in total. The van der Waals surface area contributed by atoms with Crippen LogP contribution in [0.15, 0.2) is 24.3 Å². The minimum Gasteiger partial charge on any atom is -0.480 e. The second kappa shape index (κ2) is 11.6. The van der Waals surface area contributed by atoms with Gasteiger partial charge in [-0.3, -0.25) is 14.8 Å². The topological polar surface area (TPSA) is 70.4 Å². The molecule has 2 fully saturated rings. The maximum atomic E-state index is 14.3. The lowest BCUT2D eigenvalue weighted by Crippen LogP contribution is -2.52.